The predicted octanol–water partition coefficient (Wildman–Crippen LogP) is 2.38. The standard InChI is InChI=1S/C10H12F3N/c1-10(2,14)5-6-3-8(12)9(13)4-7(6)11/h3-4H,5,14H2,1-2H3. The minimum Gasteiger partial charge on any atom is -0.325 e. The van der Waals surface area contributed by atoms with Gasteiger partial charge in [-0.05, 0) is 31.9 Å². The van der Waals surface area contributed by atoms with E-state index in [1.807, 2.05) is 0 Å². The predicted molar refractivity (Wildman–Crippen MR) is 48.3 cm³/mol. The smallest absolute Gasteiger partial charge is 0.161 e. The second kappa shape index (κ2) is 3.61. The first kappa shape index (κ1) is 11.0. The lowest BCUT2D eigenvalue weighted by Crippen LogP contribution is -2.34. The molecule has 0 saturated carbocycles. The van der Waals surface area contributed by atoms with Gasteiger partial charge in [-0.15, -0.1) is 0 Å². The van der Waals surface area contributed by atoms with E-state index in [0.29, 0.717) is 6.07 Å². The summed E-state index contributed by atoms with van der Waals surface area (Å²) in [5, 5.41) is 0. The molecule has 0 aliphatic carbocycles. The van der Waals surface area contributed by atoms with Crippen molar-refractivity contribution in [3.63, 3.8) is 0 Å². The Morgan fingerprint density at radius 2 is 1.57 bits per heavy atom. The lowest BCUT2D eigenvalue weighted by atomic mass is 9.96. The van der Waals surface area contributed by atoms with Crippen LogP contribution >= 0.6 is 0 Å². The Hall–Kier alpha value is -1.03. The maximum atomic E-state index is 13.1. The quantitative estimate of drug-likeness (QED) is 0.734. The fraction of sp³-hybridized carbons (Fsp3) is 0.400. The van der Waals surface area contributed by atoms with E-state index in [1.165, 1.54) is 0 Å². The summed E-state index contributed by atoms with van der Waals surface area (Å²) in [7, 11) is 0. The van der Waals surface area contributed by atoms with Gasteiger partial charge >= 0.3 is 0 Å². The van der Waals surface area contributed by atoms with Gasteiger partial charge in [-0.2, -0.15) is 0 Å². The molecular formula is C10H12F3N. The van der Waals surface area contributed by atoms with Crippen LogP contribution in [0.2, 0.25) is 0 Å². The van der Waals surface area contributed by atoms with E-state index in [0.717, 1.165) is 6.07 Å². The van der Waals surface area contributed by atoms with Crippen LogP contribution in [-0.2, 0) is 6.42 Å². The molecule has 78 valence electrons. The summed E-state index contributed by atoms with van der Waals surface area (Å²) in [6.45, 7) is 3.38. The van der Waals surface area contributed by atoms with Gasteiger partial charge in [-0.25, -0.2) is 13.2 Å². The molecule has 1 rings (SSSR count). The zero-order valence-corrected chi connectivity index (χ0v) is 8.07. The van der Waals surface area contributed by atoms with E-state index in [2.05, 4.69) is 0 Å². The Balaban J connectivity index is 3.04. The SMILES string of the molecule is CC(C)(N)Cc1cc(F)c(F)cc1F. The van der Waals surface area contributed by atoms with Gasteiger partial charge in [0.2, 0.25) is 0 Å². The molecule has 14 heavy (non-hydrogen) atoms. The summed E-state index contributed by atoms with van der Waals surface area (Å²) >= 11 is 0. The van der Waals surface area contributed by atoms with Gasteiger partial charge in [-0.1, -0.05) is 0 Å². The Morgan fingerprint density at radius 1 is 1.07 bits per heavy atom. The third kappa shape index (κ3) is 2.73. The van der Waals surface area contributed by atoms with Crippen LogP contribution in [0.15, 0.2) is 12.1 Å². The number of rotatable bonds is 2. The molecule has 0 bridgehead atoms. The van der Waals surface area contributed by atoms with Crippen molar-refractivity contribution < 1.29 is 13.2 Å². The molecule has 0 radical (unpaired) electrons. The zero-order valence-electron chi connectivity index (χ0n) is 8.07. The highest BCUT2D eigenvalue weighted by Gasteiger charge is 2.17. The third-order valence-electron chi connectivity index (χ3n) is 1.74. The maximum absolute atomic E-state index is 13.1. The maximum Gasteiger partial charge on any atom is 0.161 e. The van der Waals surface area contributed by atoms with Crippen molar-refractivity contribution in [3.8, 4) is 0 Å². The van der Waals surface area contributed by atoms with Crippen molar-refractivity contribution in [2.45, 2.75) is 25.8 Å². The number of nitrogens with two attached hydrogens (primary N) is 1. The molecule has 4 heteroatoms. The summed E-state index contributed by atoms with van der Waals surface area (Å²) in [5.41, 5.74) is 5.09. The number of hydrogen-bond donors (Lipinski definition) is 1. The van der Waals surface area contributed by atoms with Crippen molar-refractivity contribution in [2.24, 2.45) is 5.73 Å². The number of halogens is 3. The number of benzene rings is 1. The fourth-order valence-electron chi connectivity index (χ4n) is 1.19. The normalized spacial score (nSPS) is 11.9. The lowest BCUT2D eigenvalue weighted by Gasteiger charge is -2.18. The Bertz CT molecular complexity index is 342. The second-order valence-electron chi connectivity index (χ2n) is 4.02. The molecule has 0 aliphatic rings. The van der Waals surface area contributed by atoms with E-state index in [9.17, 15) is 13.2 Å². The van der Waals surface area contributed by atoms with Crippen molar-refractivity contribution in [2.75, 3.05) is 0 Å². The number of hydrogen-bond acceptors (Lipinski definition) is 1. The van der Waals surface area contributed by atoms with E-state index >= 15 is 0 Å². The largest absolute Gasteiger partial charge is 0.325 e. The van der Waals surface area contributed by atoms with Crippen molar-refractivity contribution >= 4 is 0 Å². The third-order valence-corrected chi connectivity index (χ3v) is 1.74. The van der Waals surface area contributed by atoms with Gasteiger partial charge in [0.1, 0.15) is 5.82 Å². The minimum atomic E-state index is -1.18. The molecule has 0 spiro atoms. The van der Waals surface area contributed by atoms with Crippen LogP contribution in [0, 0.1) is 17.5 Å². The molecule has 1 nitrogen and oxygen atoms in total. The average molecular weight is 203 g/mol. The molecule has 1 aromatic rings. The average Bonchev–Trinajstić information content (AvgIpc) is 1.97. The molecule has 1 aromatic carbocycles. The van der Waals surface area contributed by atoms with E-state index in [4.69, 9.17) is 5.73 Å². The van der Waals surface area contributed by atoms with Gasteiger partial charge in [0.25, 0.3) is 0 Å². The van der Waals surface area contributed by atoms with Crippen LogP contribution in [0.5, 0.6) is 0 Å². The molecule has 0 aliphatic heterocycles. The molecule has 0 aromatic heterocycles. The van der Waals surface area contributed by atoms with Crippen molar-refractivity contribution in [1.29, 1.82) is 0 Å². The van der Waals surface area contributed by atoms with Crippen LogP contribution in [0.4, 0.5) is 13.2 Å². The first-order chi connectivity index (χ1) is 6.29. The zero-order chi connectivity index (χ0) is 10.9. The van der Waals surface area contributed by atoms with Crippen LogP contribution in [-0.4, -0.2) is 5.54 Å². The highest BCUT2D eigenvalue weighted by atomic mass is 19.2. The first-order valence-corrected chi connectivity index (χ1v) is 4.22. The van der Waals surface area contributed by atoms with E-state index in [1.54, 1.807) is 13.8 Å². The summed E-state index contributed by atoms with van der Waals surface area (Å²) in [4.78, 5) is 0. The van der Waals surface area contributed by atoms with Crippen molar-refractivity contribution in [1.82, 2.24) is 0 Å². The molecule has 0 saturated heterocycles. The Kier molecular flexibility index (Phi) is 2.85. The summed E-state index contributed by atoms with van der Waals surface area (Å²) in [6, 6.07) is 1.38. The molecule has 0 atom stereocenters. The van der Waals surface area contributed by atoms with Crippen LogP contribution in [0.25, 0.3) is 0 Å². The highest BCUT2D eigenvalue weighted by molar-refractivity contribution is 5.21. The Morgan fingerprint density at radius 3 is 2.07 bits per heavy atom. The summed E-state index contributed by atoms with van der Waals surface area (Å²) in [5.74, 6) is -2.99. The second-order valence-corrected chi connectivity index (χ2v) is 4.02. The fourth-order valence-corrected chi connectivity index (χ4v) is 1.19. The first-order valence-electron chi connectivity index (χ1n) is 4.22. The van der Waals surface area contributed by atoms with Crippen LogP contribution in [0.3, 0.4) is 0 Å². The van der Waals surface area contributed by atoms with Gasteiger partial charge in [0, 0.05) is 11.6 Å². The molecule has 0 unspecified atom stereocenters. The molecule has 0 amide bonds. The molecule has 0 heterocycles. The summed E-state index contributed by atoms with van der Waals surface area (Å²) < 4.78 is 38.4. The van der Waals surface area contributed by atoms with Gasteiger partial charge in [0.05, 0.1) is 0 Å². The van der Waals surface area contributed by atoms with Crippen LogP contribution < -0.4 is 5.73 Å². The van der Waals surface area contributed by atoms with Gasteiger partial charge < -0.3 is 5.73 Å². The highest BCUT2D eigenvalue weighted by Crippen LogP contribution is 2.17. The van der Waals surface area contributed by atoms with Crippen LogP contribution in [0.1, 0.15) is 19.4 Å². The topological polar surface area (TPSA) is 26.0 Å². The van der Waals surface area contributed by atoms with E-state index in [-0.39, 0.29) is 12.0 Å². The Labute approximate surface area is 80.7 Å². The molecule has 0 fully saturated rings. The van der Waals surface area contributed by atoms with Crippen molar-refractivity contribution in [3.05, 3.63) is 35.1 Å². The molecule has 2 N–H and O–H groups in total. The monoisotopic (exact) mass is 203 g/mol. The molecular weight excluding hydrogens is 191 g/mol. The van der Waals surface area contributed by atoms with Gasteiger partial charge in [0.15, 0.2) is 11.6 Å². The minimum absolute atomic E-state index is 0.0939. The lowest BCUT2D eigenvalue weighted by molar-refractivity contribution is 0.468. The van der Waals surface area contributed by atoms with Gasteiger partial charge in [-0.3, -0.25) is 0 Å². The summed E-state index contributed by atoms with van der Waals surface area (Å²) in [6.07, 6.45) is 0.163. The van der Waals surface area contributed by atoms with E-state index < -0.39 is 23.0 Å².